The van der Waals surface area contributed by atoms with E-state index in [1.807, 2.05) is 6.07 Å². The molecule has 1 aromatic rings. The average Bonchev–Trinajstić information content (AvgIpc) is 2.81. The zero-order valence-corrected chi connectivity index (χ0v) is 11.4. The Morgan fingerprint density at radius 1 is 1.11 bits per heavy atom. The minimum Gasteiger partial charge on any atom is -0.454 e. The van der Waals surface area contributed by atoms with Gasteiger partial charge >= 0.3 is 0 Å². The molecule has 1 aromatic carbocycles. The Hall–Kier alpha value is -1.22. The smallest absolute Gasteiger partial charge is 0.231 e. The second kappa shape index (κ2) is 6.10. The third kappa shape index (κ3) is 3.16. The molecule has 18 heavy (non-hydrogen) atoms. The lowest BCUT2D eigenvalue weighted by Gasteiger charge is -2.17. The molecule has 0 unspecified atom stereocenters. The van der Waals surface area contributed by atoms with Crippen molar-refractivity contribution in [3.05, 3.63) is 23.8 Å². The van der Waals surface area contributed by atoms with E-state index in [-0.39, 0.29) is 0 Å². The van der Waals surface area contributed by atoms with Gasteiger partial charge in [0, 0.05) is 6.42 Å². The lowest BCUT2D eigenvalue weighted by molar-refractivity contribution is -0.369. The van der Waals surface area contributed by atoms with Crippen LogP contribution in [0, 0.1) is 5.92 Å². The fourth-order valence-corrected chi connectivity index (χ4v) is 2.43. The predicted molar refractivity (Wildman–Crippen MR) is 71.8 cm³/mol. The first-order valence-electron chi connectivity index (χ1n) is 6.89. The van der Waals surface area contributed by atoms with Gasteiger partial charge in [0.1, 0.15) is 0 Å². The molecule has 2 rings (SSSR count). The quantitative estimate of drug-likeness (QED) is 0.843. The molecular formula is C15H24NO2+. The molecule has 1 atom stereocenters. The van der Waals surface area contributed by atoms with Crippen molar-refractivity contribution < 1.29 is 15.2 Å². The largest absolute Gasteiger partial charge is 0.454 e. The average molecular weight is 250 g/mol. The van der Waals surface area contributed by atoms with Crippen LogP contribution in [0.3, 0.4) is 0 Å². The van der Waals surface area contributed by atoms with Crippen LogP contribution in [-0.4, -0.2) is 13.3 Å². The standard InChI is InChI=1S/C15H23NO2/c1-11(2)3-4-12(7-8-16)13-5-6-14-15(9-13)18-10-17-14/h5-6,9,11-12H,3-4,7-8,10,16H2,1-2H3/p+1/t12-/m1/s1. The molecule has 100 valence electrons. The van der Waals surface area contributed by atoms with Gasteiger partial charge in [-0.3, -0.25) is 0 Å². The van der Waals surface area contributed by atoms with Crippen LogP contribution in [0.25, 0.3) is 0 Å². The highest BCUT2D eigenvalue weighted by molar-refractivity contribution is 5.45. The van der Waals surface area contributed by atoms with Gasteiger partial charge in [-0.25, -0.2) is 0 Å². The van der Waals surface area contributed by atoms with Gasteiger partial charge in [0.25, 0.3) is 0 Å². The molecule has 0 amide bonds. The molecule has 0 aliphatic carbocycles. The summed E-state index contributed by atoms with van der Waals surface area (Å²) in [6.07, 6.45) is 3.64. The zero-order valence-electron chi connectivity index (χ0n) is 11.4. The van der Waals surface area contributed by atoms with Crippen LogP contribution in [0.1, 0.15) is 44.6 Å². The Morgan fingerprint density at radius 3 is 2.61 bits per heavy atom. The van der Waals surface area contributed by atoms with Crippen LogP contribution in [0.4, 0.5) is 0 Å². The molecular weight excluding hydrogens is 226 g/mol. The Kier molecular flexibility index (Phi) is 4.48. The van der Waals surface area contributed by atoms with Crippen molar-refractivity contribution in [3.63, 3.8) is 0 Å². The van der Waals surface area contributed by atoms with Gasteiger partial charge in [0.05, 0.1) is 6.54 Å². The summed E-state index contributed by atoms with van der Waals surface area (Å²) < 4.78 is 10.8. The van der Waals surface area contributed by atoms with Crippen molar-refractivity contribution in [2.75, 3.05) is 13.3 Å². The first-order chi connectivity index (χ1) is 8.70. The number of ether oxygens (including phenoxy) is 2. The van der Waals surface area contributed by atoms with E-state index in [1.54, 1.807) is 0 Å². The summed E-state index contributed by atoms with van der Waals surface area (Å²) in [4.78, 5) is 0. The van der Waals surface area contributed by atoms with Crippen molar-refractivity contribution in [1.29, 1.82) is 0 Å². The van der Waals surface area contributed by atoms with Crippen molar-refractivity contribution in [3.8, 4) is 11.5 Å². The van der Waals surface area contributed by atoms with Gasteiger partial charge in [0.15, 0.2) is 11.5 Å². The fourth-order valence-electron chi connectivity index (χ4n) is 2.43. The summed E-state index contributed by atoms with van der Waals surface area (Å²) in [6.45, 7) is 5.89. The van der Waals surface area contributed by atoms with Crippen LogP contribution < -0.4 is 15.2 Å². The third-order valence-corrected chi connectivity index (χ3v) is 3.51. The van der Waals surface area contributed by atoms with E-state index in [2.05, 4.69) is 31.7 Å². The first kappa shape index (κ1) is 13.2. The van der Waals surface area contributed by atoms with Crippen molar-refractivity contribution in [2.24, 2.45) is 5.92 Å². The first-order valence-corrected chi connectivity index (χ1v) is 6.89. The van der Waals surface area contributed by atoms with Crippen LogP contribution in [0.5, 0.6) is 11.5 Å². The normalized spacial score (nSPS) is 15.1. The van der Waals surface area contributed by atoms with E-state index in [0.717, 1.165) is 30.4 Å². The monoisotopic (exact) mass is 250 g/mol. The Balaban J connectivity index is 2.09. The maximum atomic E-state index is 5.46. The number of quaternary nitrogens is 1. The van der Waals surface area contributed by atoms with Crippen molar-refractivity contribution in [2.45, 2.75) is 39.0 Å². The molecule has 0 saturated heterocycles. The minimum absolute atomic E-state index is 0.352. The zero-order chi connectivity index (χ0) is 13.0. The lowest BCUT2D eigenvalue weighted by Crippen LogP contribution is -2.50. The summed E-state index contributed by atoms with van der Waals surface area (Å²) in [5, 5.41) is 0. The van der Waals surface area contributed by atoms with E-state index in [0.29, 0.717) is 12.7 Å². The SMILES string of the molecule is CC(C)CC[C@H](CC[NH3+])c1ccc2c(c1)OCO2. The third-order valence-electron chi connectivity index (χ3n) is 3.51. The van der Waals surface area contributed by atoms with E-state index < -0.39 is 0 Å². The molecule has 1 aliphatic rings. The summed E-state index contributed by atoms with van der Waals surface area (Å²) in [5.74, 6) is 3.12. The fraction of sp³-hybridized carbons (Fsp3) is 0.600. The van der Waals surface area contributed by atoms with E-state index in [1.165, 1.54) is 18.4 Å². The predicted octanol–water partition coefficient (Wildman–Crippen LogP) is 2.57. The van der Waals surface area contributed by atoms with Gasteiger partial charge in [-0.05, 0) is 36.0 Å². The lowest BCUT2D eigenvalue weighted by atomic mass is 9.88. The Morgan fingerprint density at radius 2 is 1.89 bits per heavy atom. The number of hydrogen-bond donors (Lipinski definition) is 1. The molecule has 1 heterocycles. The summed E-state index contributed by atoms with van der Waals surface area (Å²) in [6, 6.07) is 6.35. The van der Waals surface area contributed by atoms with Crippen molar-refractivity contribution in [1.82, 2.24) is 0 Å². The second-order valence-electron chi connectivity index (χ2n) is 5.42. The van der Waals surface area contributed by atoms with Crippen LogP contribution in [-0.2, 0) is 0 Å². The molecule has 0 fully saturated rings. The topological polar surface area (TPSA) is 46.1 Å². The highest BCUT2D eigenvalue weighted by Crippen LogP contribution is 2.36. The van der Waals surface area contributed by atoms with Gasteiger partial charge in [-0.15, -0.1) is 0 Å². The van der Waals surface area contributed by atoms with Crippen LogP contribution in [0.2, 0.25) is 0 Å². The van der Waals surface area contributed by atoms with Crippen molar-refractivity contribution >= 4 is 0 Å². The molecule has 0 aromatic heterocycles. The van der Waals surface area contributed by atoms with Gasteiger partial charge in [0.2, 0.25) is 6.79 Å². The van der Waals surface area contributed by atoms with E-state index in [9.17, 15) is 0 Å². The van der Waals surface area contributed by atoms with Crippen LogP contribution >= 0.6 is 0 Å². The highest BCUT2D eigenvalue weighted by atomic mass is 16.7. The molecule has 0 bridgehead atoms. The van der Waals surface area contributed by atoms with Crippen LogP contribution in [0.15, 0.2) is 18.2 Å². The Labute approximate surface area is 109 Å². The maximum Gasteiger partial charge on any atom is 0.231 e. The summed E-state index contributed by atoms with van der Waals surface area (Å²) in [5.41, 5.74) is 5.36. The Bertz CT molecular complexity index is 390. The molecule has 3 heteroatoms. The molecule has 0 spiro atoms. The number of fused-ring (bicyclic) bond motifs is 1. The highest BCUT2D eigenvalue weighted by Gasteiger charge is 2.18. The number of rotatable bonds is 6. The van der Waals surface area contributed by atoms with Gasteiger partial charge in [-0.2, -0.15) is 0 Å². The molecule has 0 saturated carbocycles. The van der Waals surface area contributed by atoms with E-state index in [4.69, 9.17) is 9.47 Å². The number of benzene rings is 1. The van der Waals surface area contributed by atoms with E-state index >= 15 is 0 Å². The minimum atomic E-state index is 0.352. The molecule has 0 radical (unpaired) electrons. The second-order valence-corrected chi connectivity index (χ2v) is 5.42. The summed E-state index contributed by atoms with van der Waals surface area (Å²) in [7, 11) is 0. The molecule has 3 N–H and O–H groups in total. The maximum absolute atomic E-state index is 5.46. The number of hydrogen-bond acceptors (Lipinski definition) is 2. The molecule has 3 nitrogen and oxygen atoms in total. The van der Waals surface area contributed by atoms with Gasteiger partial charge in [-0.1, -0.05) is 26.3 Å². The van der Waals surface area contributed by atoms with Gasteiger partial charge < -0.3 is 15.2 Å². The summed E-state index contributed by atoms with van der Waals surface area (Å²) >= 11 is 0. The molecule has 1 aliphatic heterocycles.